The summed E-state index contributed by atoms with van der Waals surface area (Å²) in [7, 11) is 0. The van der Waals surface area contributed by atoms with E-state index in [2.05, 4.69) is 21.2 Å². The fraction of sp³-hybridized carbons (Fsp3) is 0.417. The van der Waals surface area contributed by atoms with Gasteiger partial charge in [0.15, 0.2) is 0 Å². The Hall–Kier alpha value is -0.870. The van der Waals surface area contributed by atoms with E-state index in [1.807, 2.05) is 31.2 Å². The topological polar surface area (TPSA) is 38.3 Å². The number of carbonyl (C=O) groups excluding carboxylic acids is 1. The van der Waals surface area contributed by atoms with Crippen LogP contribution in [-0.2, 0) is 22.7 Å². The number of carbonyl (C=O) groups is 1. The van der Waals surface area contributed by atoms with Gasteiger partial charge < -0.3 is 10.1 Å². The molecule has 0 saturated carbocycles. The van der Waals surface area contributed by atoms with E-state index in [0.717, 1.165) is 11.1 Å². The Balaban J connectivity index is 2.59. The number of halogens is 1. The highest BCUT2D eigenvalue weighted by Gasteiger charge is 2.03. The van der Waals surface area contributed by atoms with E-state index in [9.17, 15) is 4.79 Å². The Morgan fingerprint density at radius 1 is 1.38 bits per heavy atom. The molecule has 0 spiro atoms. The molecule has 0 bridgehead atoms. The van der Waals surface area contributed by atoms with E-state index in [4.69, 9.17) is 4.74 Å². The third-order valence-corrected chi connectivity index (χ3v) is 2.69. The van der Waals surface area contributed by atoms with Crippen LogP contribution in [0.2, 0.25) is 0 Å². The molecule has 0 radical (unpaired) electrons. The van der Waals surface area contributed by atoms with Gasteiger partial charge in [0.25, 0.3) is 0 Å². The van der Waals surface area contributed by atoms with Crippen molar-refractivity contribution in [2.24, 2.45) is 0 Å². The largest absolute Gasteiger partial charge is 0.377 e. The van der Waals surface area contributed by atoms with Gasteiger partial charge in [-0.15, -0.1) is 0 Å². The van der Waals surface area contributed by atoms with E-state index in [1.54, 1.807) is 0 Å². The van der Waals surface area contributed by atoms with E-state index in [-0.39, 0.29) is 5.91 Å². The average molecular weight is 286 g/mol. The normalized spacial score (nSPS) is 10.1. The third-order valence-electron chi connectivity index (χ3n) is 2.18. The minimum Gasteiger partial charge on any atom is -0.377 e. The second kappa shape index (κ2) is 7.41. The molecule has 16 heavy (non-hydrogen) atoms. The second-order valence-corrected chi connectivity index (χ2v) is 3.88. The summed E-state index contributed by atoms with van der Waals surface area (Å²) in [4.78, 5) is 11.1. The molecule has 0 aliphatic heterocycles. The number of hydrogen-bond acceptors (Lipinski definition) is 2. The number of hydrogen-bond donors (Lipinski definition) is 1. The van der Waals surface area contributed by atoms with Crippen LogP contribution < -0.4 is 5.32 Å². The Kier molecular flexibility index (Phi) is 6.11. The number of rotatable bonds is 6. The zero-order chi connectivity index (χ0) is 11.8. The van der Waals surface area contributed by atoms with Gasteiger partial charge in [-0.1, -0.05) is 40.2 Å². The monoisotopic (exact) mass is 285 g/mol. The Morgan fingerprint density at radius 2 is 2.06 bits per heavy atom. The highest BCUT2D eigenvalue weighted by atomic mass is 79.9. The molecule has 0 fully saturated rings. The maximum atomic E-state index is 11.1. The lowest BCUT2D eigenvalue weighted by molar-refractivity contribution is -0.118. The van der Waals surface area contributed by atoms with Gasteiger partial charge in [-0.2, -0.15) is 0 Å². The lowest BCUT2D eigenvalue weighted by Crippen LogP contribution is -2.24. The second-order valence-electron chi connectivity index (χ2n) is 3.32. The third kappa shape index (κ3) is 4.33. The molecule has 1 N–H and O–H groups in total. The molecular formula is C12H16BrNO2. The summed E-state index contributed by atoms with van der Waals surface area (Å²) < 4.78 is 5.37. The smallest absolute Gasteiger partial charge is 0.230 e. The van der Waals surface area contributed by atoms with Crippen LogP contribution in [0.5, 0.6) is 0 Å². The number of amides is 1. The van der Waals surface area contributed by atoms with Crippen molar-refractivity contribution in [2.75, 3.05) is 11.9 Å². The number of nitrogens with one attached hydrogen (secondary N) is 1. The fourth-order valence-electron chi connectivity index (χ4n) is 1.32. The Bertz CT molecular complexity index is 342. The number of alkyl halides is 1. The van der Waals surface area contributed by atoms with Crippen LogP contribution in [-0.4, -0.2) is 17.8 Å². The Labute approximate surface area is 104 Å². The van der Waals surface area contributed by atoms with Gasteiger partial charge in [0, 0.05) is 13.2 Å². The maximum absolute atomic E-state index is 11.1. The van der Waals surface area contributed by atoms with Gasteiger partial charge in [-0.05, 0) is 18.1 Å². The highest BCUT2D eigenvalue weighted by molar-refractivity contribution is 9.09. The summed E-state index contributed by atoms with van der Waals surface area (Å²) in [6.45, 7) is 3.81. The van der Waals surface area contributed by atoms with Gasteiger partial charge in [-0.25, -0.2) is 0 Å². The minimum atomic E-state index is -0.00814. The zero-order valence-corrected chi connectivity index (χ0v) is 10.9. The van der Waals surface area contributed by atoms with Crippen molar-refractivity contribution in [2.45, 2.75) is 20.1 Å². The summed E-state index contributed by atoms with van der Waals surface area (Å²) in [6, 6.07) is 7.96. The van der Waals surface area contributed by atoms with Crippen molar-refractivity contribution < 1.29 is 9.53 Å². The molecule has 0 aliphatic rings. The van der Waals surface area contributed by atoms with E-state index < -0.39 is 0 Å². The van der Waals surface area contributed by atoms with Crippen LogP contribution in [0.3, 0.4) is 0 Å². The summed E-state index contributed by atoms with van der Waals surface area (Å²) >= 11 is 3.11. The van der Waals surface area contributed by atoms with E-state index >= 15 is 0 Å². The van der Waals surface area contributed by atoms with Crippen LogP contribution in [0.25, 0.3) is 0 Å². The molecule has 0 heterocycles. The summed E-state index contributed by atoms with van der Waals surface area (Å²) in [6.07, 6.45) is 0. The first-order valence-corrected chi connectivity index (χ1v) is 6.37. The predicted molar refractivity (Wildman–Crippen MR) is 67.4 cm³/mol. The van der Waals surface area contributed by atoms with E-state index in [1.165, 1.54) is 0 Å². The number of benzene rings is 1. The SMILES string of the molecule is CCOCc1ccccc1CNC(=O)CBr. The van der Waals surface area contributed by atoms with Gasteiger partial charge in [-0.3, -0.25) is 4.79 Å². The van der Waals surface area contributed by atoms with Gasteiger partial charge in [0.2, 0.25) is 5.91 Å². The molecule has 4 heteroatoms. The fourth-order valence-corrected chi connectivity index (χ4v) is 1.52. The van der Waals surface area contributed by atoms with Crippen molar-refractivity contribution in [3.63, 3.8) is 0 Å². The number of ether oxygens (including phenoxy) is 1. The molecule has 88 valence electrons. The minimum absolute atomic E-state index is 0.00814. The van der Waals surface area contributed by atoms with Crippen LogP contribution in [0, 0.1) is 0 Å². The summed E-state index contributed by atoms with van der Waals surface area (Å²) in [5, 5.41) is 3.16. The quantitative estimate of drug-likeness (QED) is 0.814. The lowest BCUT2D eigenvalue weighted by atomic mass is 10.1. The molecule has 1 aromatic rings. The first-order chi connectivity index (χ1) is 7.77. The molecule has 0 saturated heterocycles. The summed E-state index contributed by atoms with van der Waals surface area (Å²) in [5.41, 5.74) is 2.23. The molecule has 0 aromatic heterocycles. The van der Waals surface area contributed by atoms with Gasteiger partial charge >= 0.3 is 0 Å². The lowest BCUT2D eigenvalue weighted by Gasteiger charge is -2.09. The molecule has 0 aliphatic carbocycles. The maximum Gasteiger partial charge on any atom is 0.230 e. The van der Waals surface area contributed by atoms with Crippen molar-refractivity contribution in [3.05, 3.63) is 35.4 Å². The van der Waals surface area contributed by atoms with Crippen molar-refractivity contribution in [3.8, 4) is 0 Å². The molecule has 3 nitrogen and oxygen atoms in total. The molecule has 1 amide bonds. The molecule has 0 unspecified atom stereocenters. The average Bonchev–Trinajstić information content (AvgIpc) is 2.34. The molecular weight excluding hydrogens is 270 g/mol. The van der Waals surface area contributed by atoms with Gasteiger partial charge in [0.1, 0.15) is 0 Å². The van der Waals surface area contributed by atoms with Crippen molar-refractivity contribution in [1.29, 1.82) is 0 Å². The molecule has 0 atom stereocenters. The van der Waals surface area contributed by atoms with E-state index in [0.29, 0.717) is 25.1 Å². The highest BCUT2D eigenvalue weighted by Crippen LogP contribution is 2.09. The first-order valence-electron chi connectivity index (χ1n) is 5.25. The van der Waals surface area contributed by atoms with Crippen LogP contribution in [0.15, 0.2) is 24.3 Å². The molecule has 1 aromatic carbocycles. The van der Waals surface area contributed by atoms with Gasteiger partial charge in [0.05, 0.1) is 11.9 Å². The first kappa shape index (κ1) is 13.2. The predicted octanol–water partition coefficient (Wildman–Crippen LogP) is 2.23. The molecule has 1 rings (SSSR count). The Morgan fingerprint density at radius 3 is 2.69 bits per heavy atom. The van der Waals surface area contributed by atoms with Crippen LogP contribution >= 0.6 is 15.9 Å². The summed E-state index contributed by atoms with van der Waals surface area (Å²) in [5.74, 6) is -0.00814. The standard InChI is InChI=1S/C12H16BrNO2/c1-2-16-9-11-6-4-3-5-10(11)8-14-12(15)7-13/h3-6H,2,7-9H2,1H3,(H,14,15). The van der Waals surface area contributed by atoms with Crippen molar-refractivity contribution >= 4 is 21.8 Å². The van der Waals surface area contributed by atoms with Crippen LogP contribution in [0.1, 0.15) is 18.1 Å². The zero-order valence-electron chi connectivity index (χ0n) is 9.33. The van der Waals surface area contributed by atoms with Crippen molar-refractivity contribution in [1.82, 2.24) is 5.32 Å². The van der Waals surface area contributed by atoms with Crippen LogP contribution in [0.4, 0.5) is 0 Å².